The molecule has 0 radical (unpaired) electrons. The highest BCUT2D eigenvalue weighted by atomic mass is 16.5. The van der Waals surface area contributed by atoms with Gasteiger partial charge in [-0.15, -0.1) is 0 Å². The molecular weight excluding hydrogens is 262 g/mol. The van der Waals surface area contributed by atoms with Crippen LogP contribution < -0.4 is 16.6 Å². The quantitative estimate of drug-likeness (QED) is 0.418. The van der Waals surface area contributed by atoms with Gasteiger partial charge in [-0.05, 0) is 6.92 Å². The topological polar surface area (TPSA) is 104 Å². The molecule has 114 valence electrons. The fraction of sp³-hybridized carbons (Fsp3) is 0.667. The molecule has 1 atom stereocenters. The van der Waals surface area contributed by atoms with Crippen LogP contribution in [0.5, 0.6) is 0 Å². The highest BCUT2D eigenvalue weighted by Crippen LogP contribution is 2.11. The summed E-state index contributed by atoms with van der Waals surface area (Å²) < 4.78 is 15.6. The average molecular weight is 285 g/mol. The van der Waals surface area contributed by atoms with Gasteiger partial charge in [-0.1, -0.05) is 0 Å². The molecule has 0 fully saturated rings. The van der Waals surface area contributed by atoms with Gasteiger partial charge in [-0.25, -0.2) is 15.8 Å². The number of anilines is 2. The largest absolute Gasteiger partial charge is 0.382 e. The van der Waals surface area contributed by atoms with E-state index >= 15 is 0 Å². The van der Waals surface area contributed by atoms with Gasteiger partial charge in [0.15, 0.2) is 5.82 Å². The van der Waals surface area contributed by atoms with E-state index in [1.165, 1.54) is 0 Å². The van der Waals surface area contributed by atoms with E-state index < -0.39 is 0 Å². The molecule has 0 saturated heterocycles. The zero-order chi connectivity index (χ0) is 14.8. The van der Waals surface area contributed by atoms with Crippen LogP contribution in [-0.2, 0) is 20.8 Å². The zero-order valence-corrected chi connectivity index (χ0v) is 12.2. The molecule has 1 rings (SSSR count). The molecule has 8 heteroatoms. The molecule has 0 spiro atoms. The summed E-state index contributed by atoms with van der Waals surface area (Å²) in [6, 6.07) is 1.72. The Morgan fingerprint density at radius 1 is 1.30 bits per heavy atom. The lowest BCUT2D eigenvalue weighted by Gasteiger charge is -2.16. The van der Waals surface area contributed by atoms with Crippen molar-refractivity contribution in [2.24, 2.45) is 5.84 Å². The lowest BCUT2D eigenvalue weighted by atomic mass is 10.3. The van der Waals surface area contributed by atoms with Crippen LogP contribution in [0.15, 0.2) is 6.07 Å². The number of methoxy groups -OCH3 is 2. The monoisotopic (exact) mass is 285 g/mol. The molecule has 1 aromatic rings. The van der Waals surface area contributed by atoms with E-state index in [4.69, 9.17) is 20.1 Å². The van der Waals surface area contributed by atoms with Crippen molar-refractivity contribution in [2.45, 2.75) is 19.6 Å². The molecule has 4 N–H and O–H groups in total. The highest BCUT2D eigenvalue weighted by Gasteiger charge is 2.09. The van der Waals surface area contributed by atoms with Gasteiger partial charge < -0.3 is 25.0 Å². The Morgan fingerprint density at radius 2 is 2.05 bits per heavy atom. The maximum Gasteiger partial charge on any atom is 0.158 e. The predicted octanol–water partition coefficient (Wildman–Crippen LogP) is 0.372. The molecule has 0 aromatic carbocycles. The number of rotatable bonds is 10. The number of nitrogens with two attached hydrogens (primary N) is 1. The van der Waals surface area contributed by atoms with Crippen molar-refractivity contribution < 1.29 is 14.2 Å². The number of aromatic nitrogens is 2. The molecular formula is C12H23N5O3. The maximum absolute atomic E-state index is 5.39. The van der Waals surface area contributed by atoms with E-state index in [1.807, 2.05) is 6.92 Å². The number of hydrogen-bond acceptors (Lipinski definition) is 8. The SMILES string of the molecule is CCOCc1nc(NN)cc(NCC(COC)OC)n1. The van der Waals surface area contributed by atoms with Gasteiger partial charge >= 0.3 is 0 Å². The summed E-state index contributed by atoms with van der Waals surface area (Å²) >= 11 is 0. The molecule has 0 bridgehead atoms. The van der Waals surface area contributed by atoms with Gasteiger partial charge in [-0.3, -0.25) is 0 Å². The minimum absolute atomic E-state index is 0.0559. The number of nitrogens with zero attached hydrogens (tertiary/aromatic N) is 2. The van der Waals surface area contributed by atoms with Crippen molar-refractivity contribution in [3.63, 3.8) is 0 Å². The van der Waals surface area contributed by atoms with Gasteiger partial charge in [-0.2, -0.15) is 0 Å². The smallest absolute Gasteiger partial charge is 0.158 e. The molecule has 1 aromatic heterocycles. The molecule has 0 aliphatic heterocycles. The molecule has 0 aliphatic rings. The summed E-state index contributed by atoms with van der Waals surface area (Å²) in [7, 11) is 3.27. The van der Waals surface area contributed by atoms with Crippen LogP contribution in [0.3, 0.4) is 0 Å². The van der Waals surface area contributed by atoms with Crippen LogP contribution in [0.4, 0.5) is 11.6 Å². The normalized spacial score (nSPS) is 12.2. The summed E-state index contributed by atoms with van der Waals surface area (Å²) in [5, 5.41) is 3.16. The second-order valence-corrected chi connectivity index (χ2v) is 4.03. The van der Waals surface area contributed by atoms with E-state index in [0.29, 0.717) is 43.8 Å². The van der Waals surface area contributed by atoms with E-state index in [0.717, 1.165) is 0 Å². The standard InChI is InChI=1S/C12H23N5O3/c1-4-20-8-12-15-10(5-11(16-12)17-13)14-6-9(19-3)7-18-2/h5,9H,4,6-8,13H2,1-3H3,(H2,14,15,16,17). The Kier molecular flexibility index (Phi) is 7.81. The van der Waals surface area contributed by atoms with Crippen LogP contribution >= 0.6 is 0 Å². The maximum atomic E-state index is 5.39. The number of hydrogen-bond donors (Lipinski definition) is 3. The van der Waals surface area contributed by atoms with Gasteiger partial charge in [0.1, 0.15) is 18.2 Å². The van der Waals surface area contributed by atoms with Gasteiger partial charge in [0, 0.05) is 33.4 Å². The average Bonchev–Trinajstić information content (AvgIpc) is 2.49. The Balaban J connectivity index is 2.67. The van der Waals surface area contributed by atoms with Crippen LogP contribution in [0.25, 0.3) is 0 Å². The van der Waals surface area contributed by atoms with Crippen LogP contribution in [0.1, 0.15) is 12.7 Å². The van der Waals surface area contributed by atoms with Crippen LogP contribution in [0, 0.1) is 0 Å². The fourth-order valence-corrected chi connectivity index (χ4v) is 1.53. The minimum atomic E-state index is -0.0559. The van der Waals surface area contributed by atoms with Crippen molar-refractivity contribution in [1.82, 2.24) is 9.97 Å². The third-order valence-electron chi connectivity index (χ3n) is 2.55. The Morgan fingerprint density at radius 3 is 2.65 bits per heavy atom. The Hall–Kier alpha value is -1.48. The molecule has 1 heterocycles. The molecule has 0 amide bonds. The third-order valence-corrected chi connectivity index (χ3v) is 2.55. The number of hydrazine groups is 1. The summed E-state index contributed by atoms with van der Waals surface area (Å²) in [4.78, 5) is 8.55. The van der Waals surface area contributed by atoms with Crippen molar-refractivity contribution in [1.29, 1.82) is 0 Å². The molecule has 8 nitrogen and oxygen atoms in total. The summed E-state index contributed by atoms with van der Waals surface area (Å²) in [5.74, 6) is 7.13. The van der Waals surface area contributed by atoms with Crippen molar-refractivity contribution in [3.05, 3.63) is 11.9 Å². The first-order valence-electron chi connectivity index (χ1n) is 6.41. The minimum Gasteiger partial charge on any atom is -0.382 e. The number of nitrogens with one attached hydrogen (secondary N) is 2. The highest BCUT2D eigenvalue weighted by molar-refractivity contribution is 5.46. The van der Waals surface area contributed by atoms with E-state index in [-0.39, 0.29) is 6.10 Å². The van der Waals surface area contributed by atoms with Gasteiger partial charge in [0.25, 0.3) is 0 Å². The van der Waals surface area contributed by atoms with Crippen molar-refractivity contribution in [3.8, 4) is 0 Å². The Labute approximate surface area is 119 Å². The second-order valence-electron chi connectivity index (χ2n) is 4.03. The molecule has 1 unspecified atom stereocenters. The first-order valence-corrected chi connectivity index (χ1v) is 6.41. The van der Waals surface area contributed by atoms with Crippen molar-refractivity contribution >= 4 is 11.6 Å². The van der Waals surface area contributed by atoms with Gasteiger partial charge in [0.2, 0.25) is 0 Å². The Bertz CT molecular complexity index is 391. The number of nitrogen functional groups attached to an aromatic ring is 1. The first-order chi connectivity index (χ1) is 9.73. The zero-order valence-electron chi connectivity index (χ0n) is 12.2. The third kappa shape index (κ3) is 5.66. The van der Waals surface area contributed by atoms with Gasteiger partial charge in [0.05, 0.1) is 12.7 Å². The van der Waals surface area contributed by atoms with Crippen molar-refractivity contribution in [2.75, 3.05) is 44.7 Å². The van der Waals surface area contributed by atoms with Crippen LogP contribution in [0.2, 0.25) is 0 Å². The van der Waals surface area contributed by atoms with E-state index in [9.17, 15) is 0 Å². The van der Waals surface area contributed by atoms with E-state index in [1.54, 1.807) is 20.3 Å². The lowest BCUT2D eigenvalue weighted by Crippen LogP contribution is -2.27. The molecule has 0 aliphatic carbocycles. The fourth-order valence-electron chi connectivity index (χ4n) is 1.53. The summed E-state index contributed by atoms with van der Waals surface area (Å²) in [6.07, 6.45) is -0.0559. The van der Waals surface area contributed by atoms with E-state index in [2.05, 4.69) is 20.7 Å². The first kappa shape index (κ1) is 16.6. The summed E-state index contributed by atoms with van der Waals surface area (Å²) in [5.41, 5.74) is 2.51. The predicted molar refractivity (Wildman–Crippen MR) is 76.3 cm³/mol. The molecule has 0 saturated carbocycles. The second kappa shape index (κ2) is 9.43. The lowest BCUT2D eigenvalue weighted by molar-refractivity contribution is 0.0365. The number of ether oxygens (including phenoxy) is 3. The summed E-state index contributed by atoms with van der Waals surface area (Å²) in [6.45, 7) is 3.93. The molecule has 20 heavy (non-hydrogen) atoms. The van der Waals surface area contributed by atoms with Crippen LogP contribution in [-0.4, -0.2) is 50.1 Å².